The first-order valence-electron chi connectivity index (χ1n) is 13.7. The molecule has 3 rings (SSSR count). The smallest absolute Gasteiger partial charge is 0.258 e. The molecule has 2 aliphatic rings. The van der Waals surface area contributed by atoms with Gasteiger partial charge in [-0.15, -0.1) is 0 Å². The zero-order valence-electron chi connectivity index (χ0n) is 23.6. The van der Waals surface area contributed by atoms with Crippen molar-refractivity contribution >= 4 is 23.6 Å². The maximum Gasteiger partial charge on any atom is 0.258 e. The summed E-state index contributed by atoms with van der Waals surface area (Å²) >= 11 is 0. The molecule has 0 aliphatic carbocycles. The number of rotatable bonds is 2. The van der Waals surface area contributed by atoms with Crippen molar-refractivity contribution in [2.24, 2.45) is 11.3 Å². The van der Waals surface area contributed by atoms with Crippen molar-refractivity contribution in [3.63, 3.8) is 0 Å². The van der Waals surface area contributed by atoms with E-state index in [2.05, 4.69) is 21.3 Å². The highest BCUT2D eigenvalue weighted by Gasteiger charge is 2.36. The first-order chi connectivity index (χ1) is 18.4. The third-order valence-corrected chi connectivity index (χ3v) is 7.77. The van der Waals surface area contributed by atoms with Crippen molar-refractivity contribution < 1.29 is 29.0 Å². The second kappa shape index (κ2) is 13.3. The number of ether oxygens (including phenoxy) is 1. The fourth-order valence-corrected chi connectivity index (χ4v) is 5.08. The summed E-state index contributed by atoms with van der Waals surface area (Å²) < 4.78 is 5.72. The molecule has 1 spiro atoms. The minimum atomic E-state index is -1.28. The summed E-state index contributed by atoms with van der Waals surface area (Å²) in [5, 5.41) is 22.1. The lowest BCUT2D eigenvalue weighted by atomic mass is 9.74. The predicted octanol–water partition coefficient (Wildman–Crippen LogP) is -0.0392. The second-order valence-corrected chi connectivity index (χ2v) is 11.2. The van der Waals surface area contributed by atoms with Gasteiger partial charge in [-0.2, -0.15) is 0 Å². The monoisotopic (exact) mass is 545 g/mol. The zero-order valence-corrected chi connectivity index (χ0v) is 23.6. The molecular weight excluding hydrogens is 502 g/mol. The maximum absolute atomic E-state index is 13.3. The van der Waals surface area contributed by atoms with E-state index >= 15 is 0 Å². The molecule has 1 aromatic carbocycles. The van der Waals surface area contributed by atoms with E-state index < -0.39 is 42.0 Å². The van der Waals surface area contributed by atoms with Crippen LogP contribution in [0.15, 0.2) is 24.3 Å². The van der Waals surface area contributed by atoms with Crippen LogP contribution in [0.2, 0.25) is 0 Å². The number of fused-ring (bicyclic) bond motifs is 2. The number of aliphatic hydroxyl groups excluding tert-OH is 1. The maximum atomic E-state index is 13.3. The van der Waals surface area contributed by atoms with Gasteiger partial charge in [0, 0.05) is 13.6 Å². The first kappa shape index (κ1) is 30.4. The van der Waals surface area contributed by atoms with E-state index in [-0.39, 0.29) is 23.8 Å². The van der Waals surface area contributed by atoms with Crippen molar-refractivity contribution in [1.82, 2.24) is 26.2 Å². The van der Waals surface area contributed by atoms with E-state index in [9.17, 15) is 24.3 Å². The highest BCUT2D eigenvalue weighted by Crippen LogP contribution is 2.33. The van der Waals surface area contributed by atoms with Gasteiger partial charge >= 0.3 is 0 Å². The van der Waals surface area contributed by atoms with Crippen molar-refractivity contribution in [3.05, 3.63) is 29.8 Å². The fraction of sp³-hybridized carbons (Fsp3) is 0.643. The summed E-state index contributed by atoms with van der Waals surface area (Å²) in [6.45, 7) is 8.39. The molecule has 2 heterocycles. The van der Waals surface area contributed by atoms with E-state index in [0.29, 0.717) is 18.7 Å². The average Bonchev–Trinajstić information content (AvgIpc) is 2.90. The van der Waals surface area contributed by atoms with Gasteiger partial charge in [0.25, 0.3) is 5.91 Å². The Morgan fingerprint density at radius 2 is 1.72 bits per heavy atom. The molecule has 11 nitrogen and oxygen atoms in total. The number of likely N-dealkylation sites (N-methyl/N-ethyl adjacent to an activating group) is 1. The van der Waals surface area contributed by atoms with Crippen LogP contribution in [0.4, 0.5) is 0 Å². The largest absolute Gasteiger partial charge is 0.484 e. The minimum Gasteiger partial charge on any atom is -0.484 e. The summed E-state index contributed by atoms with van der Waals surface area (Å²) in [7, 11) is 1.42. The molecule has 1 aromatic rings. The highest BCUT2D eigenvalue weighted by molar-refractivity contribution is 5.94. The topological polar surface area (TPSA) is 149 Å². The summed E-state index contributed by atoms with van der Waals surface area (Å²) in [6.07, 6.45) is 1.22. The second-order valence-electron chi connectivity index (χ2n) is 11.2. The van der Waals surface area contributed by atoms with Crippen LogP contribution in [0.5, 0.6) is 5.75 Å². The van der Waals surface area contributed by atoms with Gasteiger partial charge < -0.3 is 36.0 Å². The number of carbonyl (C=O) groups is 4. The molecule has 2 aliphatic heterocycles. The number of aliphatic hydroxyl groups is 1. The standard InChI is InChI=1S/C28H43N5O6/c1-17(2)23-26(37)30-16-28(9-11-29-12-10-28)14-20-7-6-8-21(13-20)39-15-22(35)31-24(19(4)34)27(38)33(5)18(3)25(36)32-23/h6-8,13,17-19,23-24,29,34H,9-12,14-16H2,1-5H3,(H,30,37)(H,31,35)(H,32,36)/t18-,19+,23+,24-/m0/s1. The molecule has 0 radical (unpaired) electrons. The van der Waals surface area contributed by atoms with E-state index in [1.54, 1.807) is 6.07 Å². The third kappa shape index (κ3) is 7.92. The van der Waals surface area contributed by atoms with Gasteiger partial charge in [-0.05, 0) is 75.2 Å². The fourth-order valence-electron chi connectivity index (χ4n) is 5.08. The average molecular weight is 546 g/mol. The molecule has 11 heteroatoms. The van der Waals surface area contributed by atoms with Crippen molar-refractivity contribution in [1.29, 1.82) is 0 Å². The first-order valence-corrected chi connectivity index (χ1v) is 13.7. The lowest BCUT2D eigenvalue weighted by Gasteiger charge is -2.38. The van der Waals surface area contributed by atoms with Crippen LogP contribution in [0.25, 0.3) is 0 Å². The quantitative estimate of drug-likeness (QED) is 0.350. The normalized spacial score (nSPS) is 26.4. The molecule has 1 saturated heterocycles. The van der Waals surface area contributed by atoms with Crippen LogP contribution < -0.4 is 26.0 Å². The Morgan fingerprint density at radius 1 is 1.03 bits per heavy atom. The Morgan fingerprint density at radius 3 is 2.36 bits per heavy atom. The SMILES string of the molecule is CC(C)[C@H]1NC(=O)[C@H](C)N(C)C(=O)[C@H]([C@@H](C)O)NC(=O)COc2cccc(c2)CC2(CCNCC2)CNC1=O. The van der Waals surface area contributed by atoms with Crippen LogP contribution in [-0.4, -0.2) is 91.2 Å². The molecule has 2 bridgehead atoms. The van der Waals surface area contributed by atoms with E-state index in [1.165, 1.54) is 20.9 Å². The van der Waals surface area contributed by atoms with Crippen LogP contribution in [0.3, 0.4) is 0 Å². The van der Waals surface area contributed by atoms with Gasteiger partial charge in [-0.3, -0.25) is 19.2 Å². The Labute approximate surface area is 230 Å². The number of carbonyl (C=O) groups excluding carboxylic acids is 4. The molecule has 4 atom stereocenters. The Hall–Kier alpha value is -3.18. The van der Waals surface area contributed by atoms with E-state index in [1.807, 2.05) is 32.0 Å². The van der Waals surface area contributed by atoms with Crippen molar-refractivity contribution in [3.8, 4) is 5.75 Å². The van der Waals surface area contributed by atoms with Gasteiger partial charge in [-0.25, -0.2) is 0 Å². The number of hydrogen-bond acceptors (Lipinski definition) is 7. The lowest BCUT2D eigenvalue weighted by molar-refractivity contribution is -0.144. The molecule has 0 unspecified atom stereocenters. The molecule has 216 valence electrons. The van der Waals surface area contributed by atoms with Crippen molar-refractivity contribution in [2.75, 3.05) is 33.3 Å². The van der Waals surface area contributed by atoms with Crippen molar-refractivity contribution in [2.45, 2.75) is 71.2 Å². The predicted molar refractivity (Wildman–Crippen MR) is 146 cm³/mol. The summed E-state index contributed by atoms with van der Waals surface area (Å²) in [6, 6.07) is 4.47. The lowest BCUT2D eigenvalue weighted by Crippen LogP contribution is -2.59. The van der Waals surface area contributed by atoms with Crippen LogP contribution >= 0.6 is 0 Å². The number of hydrogen-bond donors (Lipinski definition) is 5. The minimum absolute atomic E-state index is 0.185. The van der Waals surface area contributed by atoms with E-state index in [4.69, 9.17) is 4.74 Å². The van der Waals surface area contributed by atoms with Gasteiger partial charge in [-0.1, -0.05) is 26.0 Å². The van der Waals surface area contributed by atoms with E-state index in [0.717, 1.165) is 36.4 Å². The van der Waals surface area contributed by atoms with Crippen LogP contribution in [0.1, 0.15) is 46.1 Å². The van der Waals surface area contributed by atoms with Gasteiger partial charge in [0.1, 0.15) is 23.9 Å². The Bertz CT molecular complexity index is 1040. The summed E-state index contributed by atoms with van der Waals surface area (Å²) in [4.78, 5) is 53.5. The summed E-state index contributed by atoms with van der Waals surface area (Å²) in [5.74, 6) is -1.69. The molecule has 0 aromatic heterocycles. The molecule has 4 amide bonds. The number of nitrogens with zero attached hydrogens (tertiary/aromatic N) is 1. The summed E-state index contributed by atoms with van der Waals surface area (Å²) in [5.41, 5.74) is 0.832. The Balaban J connectivity index is 1.94. The Kier molecular flexibility index (Phi) is 10.3. The highest BCUT2D eigenvalue weighted by atomic mass is 16.5. The van der Waals surface area contributed by atoms with Gasteiger partial charge in [0.15, 0.2) is 6.61 Å². The zero-order chi connectivity index (χ0) is 28.7. The number of piperidine rings is 1. The van der Waals surface area contributed by atoms with Gasteiger partial charge in [0.05, 0.1) is 6.10 Å². The molecule has 39 heavy (non-hydrogen) atoms. The number of benzene rings is 1. The van der Waals surface area contributed by atoms with Crippen LogP contribution in [0, 0.1) is 11.3 Å². The third-order valence-electron chi connectivity index (χ3n) is 7.77. The number of amides is 4. The number of nitrogens with one attached hydrogen (secondary N) is 4. The molecule has 0 saturated carbocycles. The molecular formula is C28H43N5O6. The molecule has 1 fully saturated rings. The van der Waals surface area contributed by atoms with Gasteiger partial charge in [0.2, 0.25) is 17.7 Å². The molecule has 5 N–H and O–H groups in total. The van der Waals surface area contributed by atoms with Crippen LogP contribution in [-0.2, 0) is 25.6 Å².